The molecule has 0 aliphatic heterocycles. The van der Waals surface area contributed by atoms with Gasteiger partial charge in [0.15, 0.2) is 0 Å². The summed E-state index contributed by atoms with van der Waals surface area (Å²) < 4.78 is 1.95. The average Bonchev–Trinajstić information content (AvgIpc) is 2.49. The molecule has 0 aliphatic rings. The van der Waals surface area contributed by atoms with Gasteiger partial charge < -0.3 is 14.8 Å². The molecule has 0 saturated carbocycles. The van der Waals surface area contributed by atoms with E-state index in [9.17, 15) is 5.11 Å². The smallest absolute Gasteiger partial charge is 0.116 e. The molecule has 3 heteroatoms. The first-order valence-corrected chi connectivity index (χ1v) is 4.20. The predicted molar refractivity (Wildman–Crippen MR) is 50.7 cm³/mol. The number of nitrogens with zero attached hydrogens (tertiary/aromatic N) is 1. The number of aromatic hydroxyl groups is 1. The number of fused-ring (bicyclic) bond motifs is 1. The zero-order chi connectivity index (χ0) is 9.26. The average molecular weight is 177 g/mol. The van der Waals surface area contributed by atoms with E-state index in [0.717, 1.165) is 10.9 Å². The first-order valence-electron chi connectivity index (χ1n) is 4.20. The van der Waals surface area contributed by atoms with Crippen molar-refractivity contribution in [2.24, 2.45) is 0 Å². The van der Waals surface area contributed by atoms with Crippen LogP contribution < -0.4 is 0 Å². The Kier molecular flexibility index (Phi) is 1.94. The molecule has 1 heterocycles. The predicted octanol–water partition coefficient (Wildman–Crippen LogP) is 1.34. The van der Waals surface area contributed by atoms with Crippen LogP contribution in [0.3, 0.4) is 0 Å². The molecule has 0 amide bonds. The molecule has 2 aromatic rings. The van der Waals surface area contributed by atoms with Crippen LogP contribution in [-0.2, 0) is 6.54 Å². The molecule has 2 rings (SSSR count). The Hall–Kier alpha value is -1.48. The topological polar surface area (TPSA) is 45.4 Å². The molecular weight excluding hydrogens is 166 g/mol. The van der Waals surface area contributed by atoms with Crippen molar-refractivity contribution in [3.8, 4) is 5.75 Å². The van der Waals surface area contributed by atoms with Crippen molar-refractivity contribution < 1.29 is 10.2 Å². The molecule has 1 aromatic carbocycles. The lowest BCUT2D eigenvalue weighted by atomic mass is 10.2. The fourth-order valence-corrected chi connectivity index (χ4v) is 1.49. The van der Waals surface area contributed by atoms with Gasteiger partial charge in [-0.2, -0.15) is 0 Å². The highest BCUT2D eigenvalue weighted by Crippen LogP contribution is 2.20. The molecule has 2 N–H and O–H groups in total. The van der Waals surface area contributed by atoms with E-state index >= 15 is 0 Å². The first kappa shape index (κ1) is 8.13. The largest absolute Gasteiger partial charge is 0.508 e. The number of rotatable bonds is 2. The van der Waals surface area contributed by atoms with Gasteiger partial charge in [-0.3, -0.25) is 0 Å². The number of aliphatic hydroxyl groups is 1. The second-order valence-corrected chi connectivity index (χ2v) is 2.98. The van der Waals surface area contributed by atoms with Crippen LogP contribution in [0.2, 0.25) is 0 Å². The monoisotopic (exact) mass is 177 g/mol. The van der Waals surface area contributed by atoms with Gasteiger partial charge in [0, 0.05) is 23.6 Å². The van der Waals surface area contributed by atoms with Gasteiger partial charge in [0.05, 0.1) is 6.61 Å². The fourth-order valence-electron chi connectivity index (χ4n) is 1.49. The Bertz CT molecular complexity index is 420. The van der Waals surface area contributed by atoms with Crippen LogP contribution in [-0.4, -0.2) is 21.4 Å². The second kappa shape index (κ2) is 3.11. The van der Waals surface area contributed by atoms with E-state index in [0.29, 0.717) is 6.54 Å². The molecule has 0 saturated heterocycles. The van der Waals surface area contributed by atoms with Gasteiger partial charge in [0.25, 0.3) is 0 Å². The van der Waals surface area contributed by atoms with Crippen molar-refractivity contribution in [1.29, 1.82) is 0 Å². The van der Waals surface area contributed by atoms with Gasteiger partial charge in [-0.15, -0.1) is 0 Å². The maximum absolute atomic E-state index is 9.21. The van der Waals surface area contributed by atoms with E-state index < -0.39 is 0 Å². The molecule has 0 radical (unpaired) electrons. The zero-order valence-corrected chi connectivity index (χ0v) is 7.14. The Morgan fingerprint density at radius 2 is 2.08 bits per heavy atom. The van der Waals surface area contributed by atoms with Crippen molar-refractivity contribution in [3.05, 3.63) is 30.5 Å². The van der Waals surface area contributed by atoms with E-state index in [4.69, 9.17) is 5.11 Å². The minimum atomic E-state index is 0.130. The number of aromatic nitrogens is 1. The second-order valence-electron chi connectivity index (χ2n) is 2.98. The molecule has 0 bridgehead atoms. The summed E-state index contributed by atoms with van der Waals surface area (Å²) in [6.45, 7) is 0.721. The van der Waals surface area contributed by atoms with E-state index in [1.165, 1.54) is 0 Å². The van der Waals surface area contributed by atoms with Crippen LogP contribution in [0.5, 0.6) is 5.75 Å². The van der Waals surface area contributed by atoms with Crippen LogP contribution in [0.1, 0.15) is 0 Å². The minimum Gasteiger partial charge on any atom is -0.508 e. The van der Waals surface area contributed by atoms with Crippen LogP contribution in [0.4, 0.5) is 0 Å². The molecule has 0 unspecified atom stereocenters. The number of phenolic OH excluding ortho intramolecular Hbond substituents is 1. The summed E-state index contributed by atoms with van der Waals surface area (Å²) in [5.74, 6) is 0.272. The first-order chi connectivity index (χ1) is 6.31. The highest BCUT2D eigenvalue weighted by molar-refractivity contribution is 5.81. The van der Waals surface area contributed by atoms with Gasteiger partial charge in [-0.1, -0.05) is 0 Å². The van der Waals surface area contributed by atoms with Gasteiger partial charge in [0.2, 0.25) is 0 Å². The maximum Gasteiger partial charge on any atom is 0.116 e. The van der Waals surface area contributed by atoms with Crippen LogP contribution in [0.25, 0.3) is 10.9 Å². The highest BCUT2D eigenvalue weighted by Gasteiger charge is 2.00. The lowest BCUT2D eigenvalue weighted by molar-refractivity contribution is 0.278. The van der Waals surface area contributed by atoms with Crippen LogP contribution in [0.15, 0.2) is 30.5 Å². The van der Waals surface area contributed by atoms with Crippen molar-refractivity contribution in [2.75, 3.05) is 6.61 Å². The molecular formula is C10H11NO2. The summed E-state index contributed by atoms with van der Waals surface area (Å²) in [4.78, 5) is 0. The Morgan fingerprint density at radius 1 is 1.23 bits per heavy atom. The Morgan fingerprint density at radius 3 is 2.85 bits per heavy atom. The minimum absolute atomic E-state index is 0.130. The maximum atomic E-state index is 9.21. The lowest BCUT2D eigenvalue weighted by Crippen LogP contribution is -1.99. The summed E-state index contributed by atoms with van der Waals surface area (Å²) in [5, 5.41) is 19.0. The molecule has 0 fully saturated rings. The summed E-state index contributed by atoms with van der Waals surface area (Å²) in [6, 6.07) is 7.13. The molecule has 0 aliphatic carbocycles. The number of hydrogen-bond donors (Lipinski definition) is 2. The number of hydrogen-bond acceptors (Lipinski definition) is 2. The third-order valence-electron chi connectivity index (χ3n) is 2.10. The third kappa shape index (κ3) is 1.38. The van der Waals surface area contributed by atoms with Gasteiger partial charge >= 0.3 is 0 Å². The molecule has 1 aromatic heterocycles. The molecule has 13 heavy (non-hydrogen) atoms. The zero-order valence-electron chi connectivity index (χ0n) is 7.14. The molecule has 0 spiro atoms. The molecule has 68 valence electrons. The summed E-state index contributed by atoms with van der Waals surface area (Å²) in [7, 11) is 0. The van der Waals surface area contributed by atoms with E-state index in [1.54, 1.807) is 12.1 Å². The summed E-state index contributed by atoms with van der Waals surface area (Å²) in [5.41, 5.74) is 1.03. The van der Waals surface area contributed by atoms with E-state index in [-0.39, 0.29) is 12.4 Å². The van der Waals surface area contributed by atoms with Gasteiger partial charge in [-0.25, -0.2) is 0 Å². The third-order valence-corrected chi connectivity index (χ3v) is 2.10. The number of phenols is 1. The van der Waals surface area contributed by atoms with Gasteiger partial charge in [-0.05, 0) is 24.3 Å². The standard InChI is InChI=1S/C10H11NO2/c12-6-5-11-4-3-8-7-9(13)1-2-10(8)11/h1-4,7,12-13H,5-6H2. The lowest BCUT2D eigenvalue weighted by Gasteiger charge is -2.01. The summed E-state index contributed by atoms with van der Waals surface area (Å²) >= 11 is 0. The van der Waals surface area contributed by atoms with Crippen molar-refractivity contribution in [3.63, 3.8) is 0 Å². The van der Waals surface area contributed by atoms with Gasteiger partial charge in [0.1, 0.15) is 5.75 Å². The fraction of sp³-hybridized carbons (Fsp3) is 0.200. The normalized spacial score (nSPS) is 10.8. The quantitative estimate of drug-likeness (QED) is 0.727. The highest BCUT2D eigenvalue weighted by atomic mass is 16.3. The van der Waals surface area contributed by atoms with E-state index in [2.05, 4.69) is 0 Å². The van der Waals surface area contributed by atoms with Crippen molar-refractivity contribution >= 4 is 10.9 Å². The van der Waals surface area contributed by atoms with Crippen LogP contribution in [0, 0.1) is 0 Å². The Balaban J connectivity index is 2.55. The van der Waals surface area contributed by atoms with Crippen molar-refractivity contribution in [1.82, 2.24) is 4.57 Å². The van der Waals surface area contributed by atoms with E-state index in [1.807, 2.05) is 22.9 Å². The number of benzene rings is 1. The Labute approximate surface area is 75.9 Å². The SMILES string of the molecule is OCCn1ccc2cc(O)ccc21. The number of aliphatic hydroxyl groups excluding tert-OH is 1. The van der Waals surface area contributed by atoms with Crippen molar-refractivity contribution in [2.45, 2.75) is 6.54 Å². The molecule has 0 atom stereocenters. The summed E-state index contributed by atoms with van der Waals surface area (Å²) in [6.07, 6.45) is 1.90. The molecule has 3 nitrogen and oxygen atoms in total. The van der Waals surface area contributed by atoms with Crippen LogP contribution >= 0.6 is 0 Å².